The number of hydrogen-bond acceptors (Lipinski definition) is 2. The van der Waals surface area contributed by atoms with Crippen molar-refractivity contribution < 1.29 is 4.74 Å². The SMILES string of the molecule is C=CCc1ccccc1OC(C)CCNC1CC1. The highest BCUT2D eigenvalue weighted by Crippen LogP contribution is 2.21. The number of hydrogen-bond donors (Lipinski definition) is 1. The lowest BCUT2D eigenvalue weighted by Crippen LogP contribution is -2.24. The third-order valence-corrected chi connectivity index (χ3v) is 3.23. The van der Waals surface area contributed by atoms with Crippen LogP contribution in [0.25, 0.3) is 0 Å². The summed E-state index contributed by atoms with van der Waals surface area (Å²) in [6.45, 7) is 6.98. The van der Waals surface area contributed by atoms with Crippen molar-refractivity contribution in [3.8, 4) is 5.75 Å². The minimum atomic E-state index is 0.252. The van der Waals surface area contributed by atoms with Crippen molar-refractivity contribution in [2.45, 2.75) is 44.8 Å². The summed E-state index contributed by atoms with van der Waals surface area (Å²) >= 11 is 0. The number of para-hydroxylation sites is 1. The third kappa shape index (κ3) is 4.19. The Kier molecular flexibility index (Phi) is 4.82. The first kappa shape index (κ1) is 13.2. The third-order valence-electron chi connectivity index (χ3n) is 3.23. The van der Waals surface area contributed by atoms with Crippen molar-refractivity contribution in [3.63, 3.8) is 0 Å². The summed E-state index contributed by atoms with van der Waals surface area (Å²) in [5.41, 5.74) is 1.22. The van der Waals surface area contributed by atoms with Gasteiger partial charge >= 0.3 is 0 Å². The molecule has 2 rings (SSSR count). The summed E-state index contributed by atoms with van der Waals surface area (Å²) in [5.74, 6) is 0.997. The van der Waals surface area contributed by atoms with E-state index in [2.05, 4.69) is 24.9 Å². The Bertz CT molecular complexity index is 384. The molecular formula is C16H23NO. The number of rotatable bonds is 8. The lowest BCUT2D eigenvalue weighted by molar-refractivity contribution is 0.208. The predicted octanol–water partition coefficient (Wildman–Crippen LogP) is 3.32. The quantitative estimate of drug-likeness (QED) is 0.709. The summed E-state index contributed by atoms with van der Waals surface area (Å²) in [4.78, 5) is 0. The van der Waals surface area contributed by atoms with Crippen molar-refractivity contribution in [2.24, 2.45) is 0 Å². The van der Waals surface area contributed by atoms with Gasteiger partial charge in [-0.05, 0) is 50.8 Å². The van der Waals surface area contributed by atoms with Crippen molar-refractivity contribution in [3.05, 3.63) is 42.5 Å². The van der Waals surface area contributed by atoms with E-state index in [1.54, 1.807) is 0 Å². The van der Waals surface area contributed by atoms with E-state index in [0.717, 1.165) is 31.2 Å². The maximum absolute atomic E-state index is 6.01. The van der Waals surface area contributed by atoms with Gasteiger partial charge < -0.3 is 10.1 Å². The Morgan fingerprint density at radius 2 is 2.22 bits per heavy atom. The van der Waals surface area contributed by atoms with Crippen molar-refractivity contribution in [1.82, 2.24) is 5.32 Å². The molecule has 1 saturated carbocycles. The average Bonchev–Trinajstić information content (AvgIpc) is 3.16. The van der Waals surface area contributed by atoms with Crippen LogP contribution in [0.1, 0.15) is 31.7 Å². The molecule has 1 atom stereocenters. The van der Waals surface area contributed by atoms with Gasteiger partial charge in [0.1, 0.15) is 5.75 Å². The second-order valence-electron chi connectivity index (χ2n) is 5.05. The van der Waals surface area contributed by atoms with Gasteiger partial charge in [0.25, 0.3) is 0 Å². The standard InChI is InChI=1S/C16H23NO/c1-3-6-14-7-4-5-8-16(14)18-13(2)11-12-17-15-9-10-15/h3-5,7-8,13,15,17H,1,6,9-12H2,2H3. The van der Waals surface area contributed by atoms with Gasteiger partial charge in [-0.25, -0.2) is 0 Å². The fraction of sp³-hybridized carbons (Fsp3) is 0.500. The zero-order valence-electron chi connectivity index (χ0n) is 11.2. The monoisotopic (exact) mass is 245 g/mol. The van der Waals surface area contributed by atoms with Gasteiger partial charge in [-0.2, -0.15) is 0 Å². The van der Waals surface area contributed by atoms with E-state index >= 15 is 0 Å². The molecule has 1 aromatic rings. The molecule has 0 aromatic heterocycles. The van der Waals surface area contributed by atoms with Crippen molar-refractivity contribution in [1.29, 1.82) is 0 Å². The lowest BCUT2D eigenvalue weighted by Gasteiger charge is -2.17. The molecule has 18 heavy (non-hydrogen) atoms. The van der Waals surface area contributed by atoms with Gasteiger partial charge in [0.15, 0.2) is 0 Å². The molecule has 1 aliphatic carbocycles. The first-order chi connectivity index (χ1) is 8.79. The Hall–Kier alpha value is -1.28. The fourth-order valence-electron chi connectivity index (χ4n) is 2.00. The molecule has 1 fully saturated rings. The first-order valence-electron chi connectivity index (χ1n) is 6.88. The Morgan fingerprint density at radius 3 is 2.94 bits per heavy atom. The smallest absolute Gasteiger partial charge is 0.123 e. The molecule has 1 unspecified atom stereocenters. The van der Waals surface area contributed by atoms with Crippen LogP contribution in [0.2, 0.25) is 0 Å². The molecule has 1 aliphatic rings. The van der Waals surface area contributed by atoms with E-state index in [0.29, 0.717) is 0 Å². The Morgan fingerprint density at radius 1 is 1.44 bits per heavy atom. The van der Waals surface area contributed by atoms with Crippen LogP contribution in [0.15, 0.2) is 36.9 Å². The topological polar surface area (TPSA) is 21.3 Å². The molecule has 2 heteroatoms. The molecule has 0 heterocycles. The molecule has 0 spiro atoms. The van der Waals surface area contributed by atoms with Gasteiger partial charge in [0.2, 0.25) is 0 Å². The Balaban J connectivity index is 1.80. The number of nitrogens with one attached hydrogen (secondary N) is 1. The van der Waals surface area contributed by atoms with Gasteiger partial charge in [-0.3, -0.25) is 0 Å². The molecule has 98 valence electrons. The van der Waals surface area contributed by atoms with Crippen molar-refractivity contribution in [2.75, 3.05) is 6.54 Å². The highest BCUT2D eigenvalue weighted by Gasteiger charge is 2.20. The summed E-state index contributed by atoms with van der Waals surface area (Å²) in [6.07, 6.45) is 6.78. The second-order valence-corrected chi connectivity index (χ2v) is 5.05. The van der Waals surface area contributed by atoms with Gasteiger partial charge in [0, 0.05) is 6.04 Å². The van der Waals surface area contributed by atoms with Crippen LogP contribution in [0.4, 0.5) is 0 Å². The van der Waals surface area contributed by atoms with Gasteiger partial charge in [-0.1, -0.05) is 24.3 Å². The molecule has 0 bridgehead atoms. The summed E-state index contributed by atoms with van der Waals surface area (Å²) in [5, 5.41) is 3.52. The molecule has 0 radical (unpaired) electrons. The first-order valence-corrected chi connectivity index (χ1v) is 6.88. The predicted molar refractivity (Wildman–Crippen MR) is 76.1 cm³/mol. The molecule has 0 saturated heterocycles. The Labute approximate surface area is 110 Å². The molecular weight excluding hydrogens is 222 g/mol. The number of benzene rings is 1. The van der Waals surface area contributed by atoms with Crippen LogP contribution in [0.3, 0.4) is 0 Å². The summed E-state index contributed by atoms with van der Waals surface area (Å²) < 4.78 is 6.01. The highest BCUT2D eigenvalue weighted by molar-refractivity contribution is 5.34. The van der Waals surface area contributed by atoms with Crippen LogP contribution in [-0.4, -0.2) is 18.7 Å². The van der Waals surface area contributed by atoms with Gasteiger partial charge in [-0.15, -0.1) is 6.58 Å². The molecule has 2 nitrogen and oxygen atoms in total. The summed E-state index contributed by atoms with van der Waals surface area (Å²) in [7, 11) is 0. The van der Waals surface area contributed by atoms with E-state index in [4.69, 9.17) is 4.74 Å². The molecule has 1 aromatic carbocycles. The van der Waals surface area contributed by atoms with Crippen LogP contribution in [-0.2, 0) is 6.42 Å². The van der Waals surface area contributed by atoms with E-state index in [1.807, 2.05) is 24.3 Å². The van der Waals surface area contributed by atoms with E-state index in [-0.39, 0.29) is 6.10 Å². The molecule has 0 amide bonds. The van der Waals surface area contributed by atoms with Crippen LogP contribution < -0.4 is 10.1 Å². The van der Waals surface area contributed by atoms with Crippen LogP contribution in [0.5, 0.6) is 5.75 Å². The average molecular weight is 245 g/mol. The van der Waals surface area contributed by atoms with Gasteiger partial charge in [0.05, 0.1) is 6.10 Å². The second kappa shape index (κ2) is 6.60. The van der Waals surface area contributed by atoms with E-state index in [1.165, 1.54) is 18.4 Å². The fourth-order valence-corrected chi connectivity index (χ4v) is 2.00. The largest absolute Gasteiger partial charge is 0.490 e. The van der Waals surface area contributed by atoms with Crippen LogP contribution in [0, 0.1) is 0 Å². The zero-order valence-corrected chi connectivity index (χ0v) is 11.2. The number of allylic oxidation sites excluding steroid dienone is 1. The lowest BCUT2D eigenvalue weighted by atomic mass is 10.1. The highest BCUT2D eigenvalue weighted by atomic mass is 16.5. The normalized spacial score (nSPS) is 16.3. The van der Waals surface area contributed by atoms with E-state index < -0.39 is 0 Å². The zero-order chi connectivity index (χ0) is 12.8. The van der Waals surface area contributed by atoms with Crippen LogP contribution >= 0.6 is 0 Å². The molecule has 0 aliphatic heterocycles. The maximum atomic E-state index is 6.01. The minimum absolute atomic E-state index is 0.252. The molecule has 1 N–H and O–H groups in total. The van der Waals surface area contributed by atoms with E-state index in [9.17, 15) is 0 Å². The number of ether oxygens (including phenoxy) is 1. The maximum Gasteiger partial charge on any atom is 0.123 e. The van der Waals surface area contributed by atoms with Crippen molar-refractivity contribution >= 4 is 0 Å². The summed E-state index contributed by atoms with van der Waals surface area (Å²) in [6, 6.07) is 9.00. The minimum Gasteiger partial charge on any atom is -0.490 e.